The van der Waals surface area contributed by atoms with Crippen LogP contribution in [0.25, 0.3) is 11.1 Å². The van der Waals surface area contributed by atoms with Crippen molar-refractivity contribution >= 4 is 22.7 Å². The number of fused-ring (bicyclic) bond motifs is 1. The molecule has 0 fully saturated rings. The number of nitrogens with one attached hydrogen (secondary N) is 2. The van der Waals surface area contributed by atoms with Gasteiger partial charge < -0.3 is 9.73 Å². The number of hydrogen-bond donors (Lipinski definition) is 2. The summed E-state index contributed by atoms with van der Waals surface area (Å²) in [5.41, 5.74) is 2.05. The molecule has 0 saturated carbocycles. The number of carbonyl (C=O) groups is 1. The SMILES string of the molecule is O=C(Nc1ccc2[nH]c(=O)oc2c1)c1ccncc1. The van der Waals surface area contributed by atoms with Gasteiger partial charge >= 0.3 is 5.76 Å². The zero-order chi connectivity index (χ0) is 13.2. The van der Waals surface area contributed by atoms with Crippen LogP contribution in [-0.2, 0) is 0 Å². The lowest BCUT2D eigenvalue weighted by Gasteiger charge is -2.04. The Morgan fingerprint density at radius 2 is 2.00 bits per heavy atom. The molecule has 0 unspecified atom stereocenters. The highest BCUT2D eigenvalue weighted by atomic mass is 16.4. The van der Waals surface area contributed by atoms with Crippen LogP contribution in [0.15, 0.2) is 51.9 Å². The highest BCUT2D eigenvalue weighted by Gasteiger charge is 2.07. The van der Waals surface area contributed by atoms with Crippen molar-refractivity contribution in [1.82, 2.24) is 9.97 Å². The second kappa shape index (κ2) is 4.41. The minimum absolute atomic E-state index is 0.250. The number of nitrogens with zero attached hydrogens (tertiary/aromatic N) is 1. The topological polar surface area (TPSA) is 88.0 Å². The smallest absolute Gasteiger partial charge is 0.408 e. The van der Waals surface area contributed by atoms with E-state index in [0.717, 1.165) is 0 Å². The van der Waals surface area contributed by atoms with Crippen molar-refractivity contribution in [3.63, 3.8) is 0 Å². The van der Waals surface area contributed by atoms with Crippen molar-refractivity contribution in [3.8, 4) is 0 Å². The van der Waals surface area contributed by atoms with Crippen molar-refractivity contribution in [3.05, 3.63) is 58.8 Å². The molecule has 0 aliphatic carbocycles. The van der Waals surface area contributed by atoms with Crippen molar-refractivity contribution in [1.29, 1.82) is 0 Å². The second-order valence-electron chi connectivity index (χ2n) is 3.92. The number of aromatic amines is 1. The third-order valence-electron chi connectivity index (χ3n) is 2.62. The first-order valence-corrected chi connectivity index (χ1v) is 5.56. The number of amides is 1. The van der Waals surface area contributed by atoms with E-state index in [-0.39, 0.29) is 5.91 Å². The lowest BCUT2D eigenvalue weighted by atomic mass is 10.2. The summed E-state index contributed by atoms with van der Waals surface area (Å²) in [6, 6.07) is 8.18. The van der Waals surface area contributed by atoms with Crippen molar-refractivity contribution < 1.29 is 9.21 Å². The number of benzene rings is 1. The summed E-state index contributed by atoms with van der Waals surface area (Å²) in [6.07, 6.45) is 3.09. The molecule has 0 atom stereocenters. The van der Waals surface area contributed by atoms with E-state index >= 15 is 0 Å². The maximum Gasteiger partial charge on any atom is 0.417 e. The zero-order valence-corrected chi connectivity index (χ0v) is 9.71. The van der Waals surface area contributed by atoms with Crippen LogP contribution >= 0.6 is 0 Å². The molecule has 1 amide bonds. The van der Waals surface area contributed by atoms with Gasteiger partial charge in [0.2, 0.25) is 0 Å². The fraction of sp³-hybridized carbons (Fsp3) is 0. The van der Waals surface area contributed by atoms with E-state index < -0.39 is 5.76 Å². The van der Waals surface area contributed by atoms with E-state index in [1.165, 1.54) is 0 Å². The van der Waals surface area contributed by atoms with E-state index in [2.05, 4.69) is 15.3 Å². The number of rotatable bonds is 2. The van der Waals surface area contributed by atoms with E-state index in [1.807, 2.05) is 0 Å². The van der Waals surface area contributed by atoms with Gasteiger partial charge in [0.15, 0.2) is 5.58 Å². The summed E-state index contributed by atoms with van der Waals surface area (Å²) >= 11 is 0. The molecule has 3 aromatic rings. The summed E-state index contributed by atoms with van der Waals surface area (Å²) in [6.45, 7) is 0. The maximum atomic E-state index is 11.9. The van der Waals surface area contributed by atoms with Gasteiger partial charge in [0.1, 0.15) is 0 Å². The summed E-state index contributed by atoms with van der Waals surface area (Å²) in [5.74, 6) is -0.771. The first-order chi connectivity index (χ1) is 9.22. The Balaban J connectivity index is 1.89. The second-order valence-corrected chi connectivity index (χ2v) is 3.92. The Bertz CT molecular complexity index is 790. The standard InChI is InChI=1S/C13H9N3O3/c17-12(8-3-5-14-6-4-8)15-9-1-2-10-11(7-9)19-13(18)16-10/h1-7H,(H,15,17)(H,16,18). The van der Waals surface area contributed by atoms with Gasteiger partial charge in [-0.25, -0.2) is 4.79 Å². The number of pyridine rings is 1. The van der Waals surface area contributed by atoms with E-state index in [9.17, 15) is 9.59 Å². The van der Waals surface area contributed by atoms with Gasteiger partial charge in [-0.15, -0.1) is 0 Å². The summed E-state index contributed by atoms with van der Waals surface area (Å²) in [7, 11) is 0. The third kappa shape index (κ3) is 2.23. The molecular formula is C13H9N3O3. The van der Waals surface area contributed by atoms with Crippen LogP contribution < -0.4 is 11.1 Å². The molecule has 0 aliphatic rings. The Kier molecular flexibility index (Phi) is 2.60. The van der Waals surface area contributed by atoms with E-state index in [4.69, 9.17) is 4.42 Å². The Morgan fingerprint density at radius 3 is 2.79 bits per heavy atom. The van der Waals surface area contributed by atoms with Crippen molar-refractivity contribution in [2.45, 2.75) is 0 Å². The Labute approximate surface area is 107 Å². The third-order valence-corrected chi connectivity index (χ3v) is 2.62. The monoisotopic (exact) mass is 255 g/mol. The minimum Gasteiger partial charge on any atom is -0.408 e. The Hall–Kier alpha value is -2.89. The molecular weight excluding hydrogens is 246 g/mol. The molecule has 2 N–H and O–H groups in total. The van der Waals surface area contributed by atoms with Gasteiger partial charge in [0, 0.05) is 29.7 Å². The predicted octanol–water partition coefficient (Wildman–Crippen LogP) is 1.77. The molecule has 2 heterocycles. The van der Waals surface area contributed by atoms with E-state index in [0.29, 0.717) is 22.4 Å². The average molecular weight is 255 g/mol. The molecule has 94 valence electrons. The molecule has 19 heavy (non-hydrogen) atoms. The summed E-state index contributed by atoms with van der Waals surface area (Å²) < 4.78 is 4.92. The number of aromatic nitrogens is 2. The van der Waals surface area contributed by atoms with Crippen LogP contribution in [0.3, 0.4) is 0 Å². The normalized spacial score (nSPS) is 10.5. The van der Waals surface area contributed by atoms with Crippen LogP contribution in [0.5, 0.6) is 0 Å². The Morgan fingerprint density at radius 1 is 1.21 bits per heavy atom. The molecule has 2 aromatic heterocycles. The number of oxazole rings is 1. The van der Waals surface area contributed by atoms with Crippen LogP contribution in [0.1, 0.15) is 10.4 Å². The van der Waals surface area contributed by atoms with Gasteiger partial charge in [-0.05, 0) is 24.3 Å². The maximum absolute atomic E-state index is 11.9. The summed E-state index contributed by atoms with van der Waals surface area (Å²) in [5, 5.41) is 2.72. The van der Waals surface area contributed by atoms with Crippen LogP contribution in [0.2, 0.25) is 0 Å². The van der Waals surface area contributed by atoms with Gasteiger partial charge in [0.05, 0.1) is 5.52 Å². The molecule has 0 saturated heterocycles. The fourth-order valence-electron chi connectivity index (χ4n) is 1.73. The number of hydrogen-bond acceptors (Lipinski definition) is 4. The molecule has 0 spiro atoms. The molecule has 1 aromatic carbocycles. The zero-order valence-electron chi connectivity index (χ0n) is 9.71. The van der Waals surface area contributed by atoms with Crippen LogP contribution in [0.4, 0.5) is 5.69 Å². The van der Waals surface area contributed by atoms with Crippen LogP contribution in [-0.4, -0.2) is 15.9 Å². The van der Waals surface area contributed by atoms with Gasteiger partial charge in [-0.2, -0.15) is 0 Å². The fourth-order valence-corrected chi connectivity index (χ4v) is 1.73. The van der Waals surface area contributed by atoms with Crippen molar-refractivity contribution in [2.24, 2.45) is 0 Å². The van der Waals surface area contributed by atoms with Gasteiger partial charge in [0.25, 0.3) is 5.91 Å². The first-order valence-electron chi connectivity index (χ1n) is 5.56. The van der Waals surface area contributed by atoms with Gasteiger partial charge in [-0.1, -0.05) is 0 Å². The van der Waals surface area contributed by atoms with Gasteiger partial charge in [-0.3, -0.25) is 14.8 Å². The number of carbonyl (C=O) groups excluding carboxylic acids is 1. The van der Waals surface area contributed by atoms with Crippen LogP contribution in [0, 0.1) is 0 Å². The summed E-state index contributed by atoms with van der Waals surface area (Å²) in [4.78, 5) is 29.3. The average Bonchev–Trinajstić information content (AvgIpc) is 2.79. The lowest BCUT2D eigenvalue weighted by Crippen LogP contribution is -2.11. The minimum atomic E-state index is -0.521. The molecule has 3 rings (SSSR count). The number of anilines is 1. The predicted molar refractivity (Wildman–Crippen MR) is 69.0 cm³/mol. The molecule has 6 nitrogen and oxygen atoms in total. The largest absolute Gasteiger partial charge is 0.417 e. The lowest BCUT2D eigenvalue weighted by molar-refractivity contribution is 0.102. The molecule has 6 heteroatoms. The quantitative estimate of drug-likeness (QED) is 0.730. The first kappa shape index (κ1) is 11.2. The highest BCUT2D eigenvalue weighted by Crippen LogP contribution is 2.16. The number of H-pyrrole nitrogens is 1. The molecule has 0 radical (unpaired) electrons. The highest BCUT2D eigenvalue weighted by molar-refractivity contribution is 6.04. The van der Waals surface area contributed by atoms with Crippen molar-refractivity contribution in [2.75, 3.05) is 5.32 Å². The molecule has 0 bridgehead atoms. The molecule has 0 aliphatic heterocycles. The van der Waals surface area contributed by atoms with E-state index in [1.54, 1.807) is 42.7 Å².